The number of hydrogen-bond donors (Lipinski definition) is 1. The Labute approximate surface area is 108 Å². The first-order valence-electron chi connectivity index (χ1n) is 6.01. The summed E-state index contributed by atoms with van der Waals surface area (Å²) in [5.74, 6) is -1.33. The minimum Gasteiger partial charge on any atom is -0.380 e. The summed E-state index contributed by atoms with van der Waals surface area (Å²) in [4.78, 5) is 1.66. The fraction of sp³-hybridized carbons (Fsp3) is 0.538. The second-order valence-electron chi connectivity index (χ2n) is 5.06. The lowest BCUT2D eigenvalue weighted by atomic mass is 9.88. The predicted molar refractivity (Wildman–Crippen MR) is 63.4 cm³/mol. The summed E-state index contributed by atoms with van der Waals surface area (Å²) >= 11 is 0. The number of halogens is 4. The molecule has 0 amide bonds. The van der Waals surface area contributed by atoms with Crippen LogP contribution < -0.4 is 4.90 Å². The van der Waals surface area contributed by atoms with Gasteiger partial charge in [-0.05, 0) is 31.5 Å². The molecule has 1 aromatic carbocycles. The van der Waals surface area contributed by atoms with Crippen LogP contribution in [0.1, 0.15) is 13.3 Å². The molecule has 0 aromatic heterocycles. The lowest BCUT2D eigenvalue weighted by Gasteiger charge is -2.32. The molecule has 1 aliphatic heterocycles. The zero-order valence-electron chi connectivity index (χ0n) is 10.4. The molecule has 106 valence electrons. The van der Waals surface area contributed by atoms with Crippen LogP contribution in [-0.2, 0) is 0 Å². The number of alkyl halides is 3. The lowest BCUT2D eigenvalue weighted by Crippen LogP contribution is -2.49. The standard InChI is InChI=1S/C13H15F4NO/c1-12(19,13(15,16)17)9-5-6-18(8-9)11-4-2-3-10(14)7-11/h2-4,7,9,19H,5-6,8H2,1H3. The summed E-state index contributed by atoms with van der Waals surface area (Å²) in [6, 6.07) is 5.72. The molecule has 0 aliphatic carbocycles. The van der Waals surface area contributed by atoms with Gasteiger partial charge in [-0.3, -0.25) is 0 Å². The summed E-state index contributed by atoms with van der Waals surface area (Å²) in [5, 5.41) is 9.64. The molecular weight excluding hydrogens is 262 g/mol. The maximum Gasteiger partial charge on any atom is 0.417 e. The number of hydrogen-bond acceptors (Lipinski definition) is 2. The Balaban J connectivity index is 2.13. The van der Waals surface area contributed by atoms with E-state index in [4.69, 9.17) is 0 Å². The van der Waals surface area contributed by atoms with Crippen molar-refractivity contribution < 1.29 is 22.7 Å². The van der Waals surface area contributed by atoms with E-state index in [9.17, 15) is 22.7 Å². The van der Waals surface area contributed by atoms with Gasteiger partial charge in [0.2, 0.25) is 0 Å². The van der Waals surface area contributed by atoms with E-state index in [2.05, 4.69) is 0 Å². The number of anilines is 1. The molecule has 1 N–H and O–H groups in total. The monoisotopic (exact) mass is 277 g/mol. The summed E-state index contributed by atoms with van der Waals surface area (Å²) in [7, 11) is 0. The minimum atomic E-state index is -4.66. The molecule has 1 fully saturated rings. The van der Waals surface area contributed by atoms with Gasteiger partial charge in [0.05, 0.1) is 0 Å². The quantitative estimate of drug-likeness (QED) is 0.840. The molecule has 2 unspecified atom stereocenters. The molecule has 6 heteroatoms. The number of nitrogens with zero attached hydrogens (tertiary/aromatic N) is 1. The van der Waals surface area contributed by atoms with E-state index < -0.39 is 23.5 Å². The SMILES string of the molecule is CC(O)(C1CCN(c2cccc(F)c2)C1)C(F)(F)F. The van der Waals surface area contributed by atoms with Crippen LogP contribution in [0.3, 0.4) is 0 Å². The van der Waals surface area contributed by atoms with Crippen molar-refractivity contribution in [3.05, 3.63) is 30.1 Å². The average Bonchev–Trinajstić information content (AvgIpc) is 2.77. The normalized spacial score (nSPS) is 23.5. The molecule has 2 nitrogen and oxygen atoms in total. The van der Waals surface area contributed by atoms with Crippen LogP contribution in [0.25, 0.3) is 0 Å². The van der Waals surface area contributed by atoms with Crippen molar-refractivity contribution in [1.82, 2.24) is 0 Å². The predicted octanol–water partition coefficient (Wildman–Crippen LogP) is 2.97. The van der Waals surface area contributed by atoms with Crippen molar-refractivity contribution in [2.45, 2.75) is 25.1 Å². The van der Waals surface area contributed by atoms with Crippen LogP contribution in [0, 0.1) is 11.7 Å². The van der Waals surface area contributed by atoms with E-state index in [1.807, 2.05) is 0 Å². The van der Waals surface area contributed by atoms with Gasteiger partial charge < -0.3 is 10.0 Å². The molecule has 1 saturated heterocycles. The molecule has 1 aromatic rings. The first-order valence-corrected chi connectivity index (χ1v) is 6.01. The fourth-order valence-corrected chi connectivity index (χ4v) is 2.36. The van der Waals surface area contributed by atoms with Crippen LogP contribution in [0.4, 0.5) is 23.2 Å². The Morgan fingerprint density at radius 1 is 1.32 bits per heavy atom. The van der Waals surface area contributed by atoms with Gasteiger partial charge in [-0.1, -0.05) is 6.07 Å². The van der Waals surface area contributed by atoms with Gasteiger partial charge >= 0.3 is 6.18 Å². The second-order valence-corrected chi connectivity index (χ2v) is 5.06. The van der Waals surface area contributed by atoms with Crippen molar-refractivity contribution >= 4 is 5.69 Å². The topological polar surface area (TPSA) is 23.5 Å². The highest BCUT2D eigenvalue weighted by molar-refractivity contribution is 5.47. The van der Waals surface area contributed by atoms with Crippen LogP contribution in [0.5, 0.6) is 0 Å². The molecule has 0 radical (unpaired) electrons. The fourth-order valence-electron chi connectivity index (χ4n) is 2.36. The molecule has 0 spiro atoms. The third-order valence-corrected chi connectivity index (χ3v) is 3.73. The average molecular weight is 277 g/mol. The number of rotatable bonds is 2. The van der Waals surface area contributed by atoms with Gasteiger partial charge in [-0.15, -0.1) is 0 Å². The summed E-state index contributed by atoms with van der Waals surface area (Å²) in [6.45, 7) is 1.24. The Kier molecular flexibility index (Phi) is 3.47. The number of benzene rings is 1. The highest BCUT2D eigenvalue weighted by Gasteiger charge is 2.56. The van der Waals surface area contributed by atoms with E-state index in [0.717, 1.165) is 6.92 Å². The van der Waals surface area contributed by atoms with Gasteiger partial charge in [0.15, 0.2) is 5.60 Å². The summed E-state index contributed by atoms with van der Waals surface area (Å²) in [6.07, 6.45) is -4.43. The maximum absolute atomic E-state index is 13.1. The van der Waals surface area contributed by atoms with Gasteiger partial charge in [0, 0.05) is 24.7 Å². The largest absolute Gasteiger partial charge is 0.417 e. The minimum absolute atomic E-state index is 0.0654. The maximum atomic E-state index is 13.1. The smallest absolute Gasteiger partial charge is 0.380 e. The van der Waals surface area contributed by atoms with E-state index in [0.29, 0.717) is 12.2 Å². The highest BCUT2D eigenvalue weighted by Crippen LogP contribution is 2.40. The van der Waals surface area contributed by atoms with Crippen molar-refractivity contribution in [3.63, 3.8) is 0 Å². The van der Waals surface area contributed by atoms with E-state index >= 15 is 0 Å². The van der Waals surface area contributed by atoms with Gasteiger partial charge in [0.1, 0.15) is 5.82 Å². The van der Waals surface area contributed by atoms with Crippen LogP contribution in [0.15, 0.2) is 24.3 Å². The van der Waals surface area contributed by atoms with Gasteiger partial charge in [-0.25, -0.2) is 4.39 Å². The molecule has 2 rings (SSSR count). The molecule has 2 atom stereocenters. The summed E-state index contributed by atoms with van der Waals surface area (Å²) in [5.41, 5.74) is -2.17. The third-order valence-electron chi connectivity index (χ3n) is 3.73. The molecule has 0 saturated carbocycles. The highest BCUT2D eigenvalue weighted by atomic mass is 19.4. The van der Waals surface area contributed by atoms with E-state index in [-0.39, 0.29) is 13.0 Å². The lowest BCUT2D eigenvalue weighted by molar-refractivity contribution is -0.269. The Bertz CT molecular complexity index is 458. The van der Waals surface area contributed by atoms with Crippen molar-refractivity contribution in [1.29, 1.82) is 0 Å². The van der Waals surface area contributed by atoms with Crippen LogP contribution >= 0.6 is 0 Å². The molecule has 0 bridgehead atoms. The second kappa shape index (κ2) is 4.67. The third kappa shape index (κ3) is 2.68. The van der Waals surface area contributed by atoms with Crippen molar-refractivity contribution in [2.75, 3.05) is 18.0 Å². The first kappa shape index (κ1) is 14.1. The Morgan fingerprint density at radius 2 is 2.00 bits per heavy atom. The Morgan fingerprint density at radius 3 is 2.58 bits per heavy atom. The van der Waals surface area contributed by atoms with E-state index in [1.165, 1.54) is 18.2 Å². The van der Waals surface area contributed by atoms with Crippen LogP contribution in [-0.4, -0.2) is 30.0 Å². The van der Waals surface area contributed by atoms with Gasteiger partial charge in [-0.2, -0.15) is 13.2 Å². The van der Waals surface area contributed by atoms with Crippen molar-refractivity contribution in [2.24, 2.45) is 5.92 Å². The zero-order chi connectivity index (χ0) is 14.3. The zero-order valence-corrected chi connectivity index (χ0v) is 10.4. The molecule has 1 aliphatic rings. The number of aliphatic hydroxyl groups is 1. The first-order chi connectivity index (χ1) is 8.72. The van der Waals surface area contributed by atoms with Gasteiger partial charge in [0.25, 0.3) is 0 Å². The Hall–Kier alpha value is -1.30. The van der Waals surface area contributed by atoms with E-state index in [1.54, 1.807) is 11.0 Å². The van der Waals surface area contributed by atoms with Crippen LogP contribution in [0.2, 0.25) is 0 Å². The molecular formula is C13H15F4NO. The van der Waals surface area contributed by atoms with Crippen molar-refractivity contribution in [3.8, 4) is 0 Å². The molecule has 19 heavy (non-hydrogen) atoms. The summed E-state index contributed by atoms with van der Waals surface area (Å²) < 4.78 is 51.3. The molecule has 1 heterocycles.